The van der Waals surface area contributed by atoms with Gasteiger partial charge in [-0.05, 0) is 25.1 Å². The number of carbonyl (C=O) groups excluding carboxylic acids is 1. The molecule has 1 amide bonds. The van der Waals surface area contributed by atoms with Crippen LogP contribution in [0.4, 0.5) is 5.69 Å². The van der Waals surface area contributed by atoms with Gasteiger partial charge < -0.3 is 20.4 Å². The van der Waals surface area contributed by atoms with E-state index in [0.717, 1.165) is 10.9 Å². The molecule has 1 aliphatic rings. The van der Waals surface area contributed by atoms with E-state index in [2.05, 4.69) is 4.98 Å². The van der Waals surface area contributed by atoms with Crippen LogP contribution in [0.2, 0.25) is 0 Å². The average Bonchev–Trinajstić information content (AvgIpc) is 2.81. The number of H-pyrrole nitrogens is 1. The molecule has 0 radical (unpaired) electrons. The Kier molecular flexibility index (Phi) is 2.91. The molecule has 5 heteroatoms. The van der Waals surface area contributed by atoms with Gasteiger partial charge in [0.1, 0.15) is 0 Å². The van der Waals surface area contributed by atoms with Crippen molar-refractivity contribution in [3.05, 3.63) is 30.0 Å². The van der Waals surface area contributed by atoms with Gasteiger partial charge in [0.25, 0.3) is 5.91 Å². The van der Waals surface area contributed by atoms with Crippen molar-refractivity contribution in [3.63, 3.8) is 0 Å². The Morgan fingerprint density at radius 2 is 2.37 bits per heavy atom. The summed E-state index contributed by atoms with van der Waals surface area (Å²) in [5.41, 5.74) is 8.02. The zero-order valence-corrected chi connectivity index (χ0v) is 10.8. The molecule has 1 fully saturated rings. The Hall–Kier alpha value is -2.01. The smallest absolute Gasteiger partial charge is 0.256 e. The molecule has 1 saturated heterocycles. The lowest BCUT2D eigenvalue weighted by atomic mass is 10.1. The van der Waals surface area contributed by atoms with E-state index < -0.39 is 0 Å². The van der Waals surface area contributed by atoms with Crippen molar-refractivity contribution in [2.75, 3.05) is 25.5 Å². The number of nitrogens with zero attached hydrogens (tertiary/aromatic N) is 1. The van der Waals surface area contributed by atoms with Crippen LogP contribution in [0.1, 0.15) is 17.3 Å². The Morgan fingerprint density at radius 1 is 1.53 bits per heavy atom. The molecular formula is C14H17N3O2. The number of benzene rings is 1. The number of aromatic nitrogens is 1. The van der Waals surface area contributed by atoms with Crippen molar-refractivity contribution in [1.29, 1.82) is 0 Å². The highest BCUT2D eigenvalue weighted by atomic mass is 16.5. The third-order valence-electron chi connectivity index (χ3n) is 3.56. The number of amides is 1. The minimum Gasteiger partial charge on any atom is -0.399 e. The van der Waals surface area contributed by atoms with Gasteiger partial charge >= 0.3 is 0 Å². The largest absolute Gasteiger partial charge is 0.399 e. The predicted octanol–water partition coefficient (Wildman–Crippen LogP) is 1.61. The van der Waals surface area contributed by atoms with E-state index in [9.17, 15) is 4.79 Å². The number of hydrogen-bond donors (Lipinski definition) is 2. The topological polar surface area (TPSA) is 71.3 Å². The van der Waals surface area contributed by atoms with E-state index in [0.29, 0.717) is 31.0 Å². The Labute approximate surface area is 111 Å². The number of nitrogens with two attached hydrogens (primary N) is 1. The lowest BCUT2D eigenvalue weighted by molar-refractivity contribution is 0.00371. The van der Waals surface area contributed by atoms with Crippen LogP contribution in [0.25, 0.3) is 10.9 Å². The fourth-order valence-corrected chi connectivity index (χ4v) is 2.50. The summed E-state index contributed by atoms with van der Waals surface area (Å²) < 4.78 is 5.36. The van der Waals surface area contributed by atoms with E-state index in [1.165, 1.54) is 0 Å². The van der Waals surface area contributed by atoms with E-state index in [1.54, 1.807) is 6.20 Å². The summed E-state index contributed by atoms with van der Waals surface area (Å²) in [6.45, 7) is 3.85. The average molecular weight is 259 g/mol. The summed E-state index contributed by atoms with van der Waals surface area (Å²) in [7, 11) is 0. The molecule has 1 aromatic heterocycles. The second-order valence-electron chi connectivity index (χ2n) is 4.93. The van der Waals surface area contributed by atoms with Crippen LogP contribution in [0.3, 0.4) is 0 Å². The first-order chi connectivity index (χ1) is 9.16. The van der Waals surface area contributed by atoms with Gasteiger partial charge in [0.15, 0.2) is 0 Å². The summed E-state index contributed by atoms with van der Waals surface area (Å²) in [6.07, 6.45) is 1.76. The number of nitrogen functional groups attached to an aromatic ring is 1. The van der Waals surface area contributed by atoms with Crippen molar-refractivity contribution in [1.82, 2.24) is 9.88 Å². The molecule has 3 rings (SSSR count). The van der Waals surface area contributed by atoms with Gasteiger partial charge in [-0.15, -0.1) is 0 Å². The first-order valence-corrected chi connectivity index (χ1v) is 6.42. The number of rotatable bonds is 1. The monoisotopic (exact) mass is 259 g/mol. The number of anilines is 1. The van der Waals surface area contributed by atoms with Crippen LogP contribution >= 0.6 is 0 Å². The van der Waals surface area contributed by atoms with Crippen molar-refractivity contribution in [2.24, 2.45) is 0 Å². The fraction of sp³-hybridized carbons (Fsp3) is 0.357. The quantitative estimate of drug-likeness (QED) is 0.764. The maximum Gasteiger partial charge on any atom is 0.256 e. The molecule has 0 saturated carbocycles. The molecule has 3 N–H and O–H groups in total. The molecule has 1 aliphatic heterocycles. The van der Waals surface area contributed by atoms with Gasteiger partial charge in [0.05, 0.1) is 24.8 Å². The van der Waals surface area contributed by atoms with Gasteiger partial charge in [-0.1, -0.05) is 0 Å². The normalized spacial score (nSPS) is 19.8. The number of fused-ring (bicyclic) bond motifs is 1. The maximum absolute atomic E-state index is 12.6. The Morgan fingerprint density at radius 3 is 3.16 bits per heavy atom. The summed E-state index contributed by atoms with van der Waals surface area (Å²) in [4.78, 5) is 17.6. The Bertz CT molecular complexity index is 620. The van der Waals surface area contributed by atoms with Crippen molar-refractivity contribution < 1.29 is 9.53 Å². The number of ether oxygens (including phenoxy) is 1. The minimum absolute atomic E-state index is 0.0480. The highest BCUT2D eigenvalue weighted by Crippen LogP contribution is 2.23. The van der Waals surface area contributed by atoms with Crippen LogP contribution in [-0.4, -0.2) is 41.6 Å². The van der Waals surface area contributed by atoms with Crippen molar-refractivity contribution in [2.45, 2.75) is 13.0 Å². The number of nitrogens with one attached hydrogen (secondary N) is 1. The molecule has 0 aliphatic carbocycles. The fourth-order valence-electron chi connectivity index (χ4n) is 2.50. The zero-order chi connectivity index (χ0) is 13.4. The first kappa shape index (κ1) is 12.0. The van der Waals surface area contributed by atoms with Gasteiger partial charge in [0.2, 0.25) is 0 Å². The minimum atomic E-state index is 0.0480. The molecule has 2 heterocycles. The number of hydrogen-bond acceptors (Lipinski definition) is 3. The van der Waals surface area contributed by atoms with Gasteiger partial charge in [0, 0.05) is 29.3 Å². The molecule has 2 aromatic rings. The zero-order valence-electron chi connectivity index (χ0n) is 10.8. The molecule has 0 bridgehead atoms. The highest BCUT2D eigenvalue weighted by Gasteiger charge is 2.26. The summed E-state index contributed by atoms with van der Waals surface area (Å²) in [6, 6.07) is 5.66. The van der Waals surface area contributed by atoms with Crippen LogP contribution in [0.5, 0.6) is 0 Å². The molecule has 19 heavy (non-hydrogen) atoms. The predicted molar refractivity (Wildman–Crippen MR) is 74.0 cm³/mol. The van der Waals surface area contributed by atoms with E-state index >= 15 is 0 Å². The summed E-state index contributed by atoms with van der Waals surface area (Å²) in [5.74, 6) is 0.0480. The third kappa shape index (κ3) is 2.06. The summed E-state index contributed by atoms with van der Waals surface area (Å²) >= 11 is 0. The van der Waals surface area contributed by atoms with Gasteiger partial charge in [-0.25, -0.2) is 0 Å². The molecule has 5 nitrogen and oxygen atoms in total. The molecule has 100 valence electrons. The lowest BCUT2D eigenvalue weighted by Gasteiger charge is -2.33. The highest BCUT2D eigenvalue weighted by molar-refractivity contribution is 6.07. The number of morpholine rings is 1. The number of carbonyl (C=O) groups is 1. The SMILES string of the molecule is C[C@@H]1COCCN1C(=O)c1c[nH]c2cc(N)ccc12. The van der Waals surface area contributed by atoms with E-state index in [4.69, 9.17) is 10.5 Å². The standard InChI is InChI=1S/C14H17N3O2/c1-9-8-19-5-4-17(9)14(18)12-7-16-13-6-10(15)2-3-11(12)13/h2-3,6-7,9,16H,4-5,8,15H2,1H3/t9-/m1/s1. The van der Waals surface area contributed by atoms with E-state index in [1.807, 2.05) is 30.0 Å². The lowest BCUT2D eigenvalue weighted by Crippen LogP contribution is -2.47. The molecule has 1 atom stereocenters. The van der Waals surface area contributed by atoms with Crippen LogP contribution in [0, 0.1) is 0 Å². The van der Waals surface area contributed by atoms with Crippen molar-refractivity contribution >= 4 is 22.5 Å². The number of aromatic amines is 1. The Balaban J connectivity index is 1.97. The summed E-state index contributed by atoms with van der Waals surface area (Å²) in [5, 5.41) is 0.915. The maximum atomic E-state index is 12.6. The first-order valence-electron chi connectivity index (χ1n) is 6.42. The second kappa shape index (κ2) is 4.59. The van der Waals surface area contributed by atoms with Crippen LogP contribution in [-0.2, 0) is 4.74 Å². The van der Waals surface area contributed by atoms with E-state index in [-0.39, 0.29) is 11.9 Å². The second-order valence-corrected chi connectivity index (χ2v) is 4.93. The van der Waals surface area contributed by atoms with Gasteiger partial charge in [-0.3, -0.25) is 4.79 Å². The van der Waals surface area contributed by atoms with Crippen LogP contribution < -0.4 is 5.73 Å². The molecular weight excluding hydrogens is 242 g/mol. The molecule has 1 aromatic carbocycles. The van der Waals surface area contributed by atoms with Crippen molar-refractivity contribution in [3.8, 4) is 0 Å². The van der Waals surface area contributed by atoms with Gasteiger partial charge in [-0.2, -0.15) is 0 Å². The van der Waals surface area contributed by atoms with Crippen LogP contribution in [0.15, 0.2) is 24.4 Å². The molecule has 0 spiro atoms. The third-order valence-corrected chi connectivity index (χ3v) is 3.56. The molecule has 0 unspecified atom stereocenters.